The van der Waals surface area contributed by atoms with Gasteiger partial charge in [-0.15, -0.1) is 0 Å². The lowest BCUT2D eigenvalue weighted by Gasteiger charge is -2.33. The lowest BCUT2D eigenvalue weighted by molar-refractivity contribution is -0.134. The van der Waals surface area contributed by atoms with Crippen LogP contribution in [0.2, 0.25) is 0 Å². The summed E-state index contributed by atoms with van der Waals surface area (Å²) in [6, 6.07) is 18.5. The molecule has 0 unspecified atom stereocenters. The summed E-state index contributed by atoms with van der Waals surface area (Å²) in [5.74, 6) is -0.919. The molecule has 3 aromatic rings. The molecule has 2 amide bonds. The van der Waals surface area contributed by atoms with Gasteiger partial charge < -0.3 is 20.1 Å². The smallest absolute Gasteiger partial charge is 0.242 e. The SMILES string of the molecule is C[C@H](CO)N1C[C@H](C)[C@@H](CN(C)S(=O)(=O)c2ccc(F)cc2)Oc2ccc(NC(=O)Cc3ccccc3)cc2CC1=O. The average Bonchev–Trinajstić information content (AvgIpc) is 3.00. The number of amides is 2. The summed E-state index contributed by atoms with van der Waals surface area (Å²) in [4.78, 5) is 27.7. The van der Waals surface area contributed by atoms with Gasteiger partial charge in [0.25, 0.3) is 0 Å². The Morgan fingerprint density at radius 2 is 1.83 bits per heavy atom. The van der Waals surface area contributed by atoms with E-state index in [0.717, 1.165) is 22.0 Å². The molecule has 224 valence electrons. The minimum Gasteiger partial charge on any atom is -0.488 e. The first-order valence-corrected chi connectivity index (χ1v) is 15.2. The number of ether oxygens (including phenoxy) is 1. The fourth-order valence-corrected chi connectivity index (χ4v) is 6.03. The van der Waals surface area contributed by atoms with E-state index in [4.69, 9.17) is 4.74 Å². The maximum Gasteiger partial charge on any atom is 0.242 e. The third-order valence-electron chi connectivity index (χ3n) is 7.37. The predicted molar refractivity (Wildman–Crippen MR) is 157 cm³/mol. The number of hydrogen-bond acceptors (Lipinski definition) is 6. The second kappa shape index (κ2) is 13.5. The molecule has 0 saturated carbocycles. The Labute approximate surface area is 246 Å². The van der Waals surface area contributed by atoms with Crippen molar-refractivity contribution >= 4 is 27.5 Å². The van der Waals surface area contributed by atoms with E-state index in [1.54, 1.807) is 30.0 Å². The minimum absolute atomic E-state index is 0.0365. The zero-order chi connectivity index (χ0) is 30.4. The van der Waals surface area contributed by atoms with E-state index in [2.05, 4.69) is 5.32 Å². The van der Waals surface area contributed by atoms with Crippen LogP contribution in [0.4, 0.5) is 10.1 Å². The van der Waals surface area contributed by atoms with Gasteiger partial charge in [0.1, 0.15) is 17.7 Å². The highest BCUT2D eigenvalue weighted by Crippen LogP contribution is 2.30. The predicted octanol–water partition coefficient (Wildman–Crippen LogP) is 3.48. The Morgan fingerprint density at radius 1 is 1.14 bits per heavy atom. The zero-order valence-corrected chi connectivity index (χ0v) is 24.7. The van der Waals surface area contributed by atoms with Crippen LogP contribution in [-0.2, 0) is 32.5 Å². The average molecular weight is 598 g/mol. The van der Waals surface area contributed by atoms with Crippen molar-refractivity contribution in [2.75, 3.05) is 32.1 Å². The molecule has 1 aliphatic rings. The summed E-state index contributed by atoms with van der Waals surface area (Å²) < 4.78 is 47.5. The Bertz CT molecular complexity index is 1500. The molecule has 0 saturated heterocycles. The summed E-state index contributed by atoms with van der Waals surface area (Å²) in [5, 5.41) is 12.7. The Hall–Kier alpha value is -3.80. The molecule has 3 atom stereocenters. The summed E-state index contributed by atoms with van der Waals surface area (Å²) >= 11 is 0. The highest BCUT2D eigenvalue weighted by molar-refractivity contribution is 7.89. The van der Waals surface area contributed by atoms with Crippen LogP contribution in [-0.4, -0.2) is 73.4 Å². The molecule has 0 fully saturated rings. The normalized spacial score (nSPS) is 18.3. The summed E-state index contributed by atoms with van der Waals surface area (Å²) in [6.45, 7) is 3.53. The van der Waals surface area contributed by atoms with Crippen molar-refractivity contribution in [1.82, 2.24) is 9.21 Å². The number of halogens is 1. The third kappa shape index (κ3) is 7.53. The topological polar surface area (TPSA) is 116 Å². The van der Waals surface area contributed by atoms with Crippen molar-refractivity contribution in [1.29, 1.82) is 0 Å². The molecule has 4 rings (SSSR count). The molecule has 42 heavy (non-hydrogen) atoms. The second-order valence-electron chi connectivity index (χ2n) is 10.7. The van der Waals surface area contributed by atoms with Gasteiger partial charge >= 0.3 is 0 Å². The minimum atomic E-state index is -3.96. The number of rotatable bonds is 9. The number of nitrogens with zero attached hydrogens (tertiary/aromatic N) is 2. The Morgan fingerprint density at radius 3 is 2.50 bits per heavy atom. The zero-order valence-electron chi connectivity index (χ0n) is 23.9. The van der Waals surface area contributed by atoms with Crippen LogP contribution in [0.5, 0.6) is 5.75 Å². The lowest BCUT2D eigenvalue weighted by atomic mass is 10.0. The summed E-state index contributed by atoms with van der Waals surface area (Å²) in [6.07, 6.45) is -0.531. The van der Waals surface area contributed by atoms with Crippen LogP contribution in [0, 0.1) is 11.7 Å². The van der Waals surface area contributed by atoms with Crippen LogP contribution in [0.1, 0.15) is 25.0 Å². The van der Waals surface area contributed by atoms with Gasteiger partial charge in [0.05, 0.1) is 36.9 Å². The lowest BCUT2D eigenvalue weighted by Crippen LogP contribution is -2.48. The molecule has 0 spiro atoms. The molecule has 1 heterocycles. The molecule has 0 aromatic heterocycles. The van der Waals surface area contributed by atoms with Gasteiger partial charge in [0.2, 0.25) is 21.8 Å². The van der Waals surface area contributed by atoms with E-state index >= 15 is 0 Å². The number of hydrogen-bond donors (Lipinski definition) is 2. The summed E-state index contributed by atoms with van der Waals surface area (Å²) in [7, 11) is -2.54. The van der Waals surface area contributed by atoms with E-state index in [0.29, 0.717) is 17.0 Å². The van der Waals surface area contributed by atoms with Crippen LogP contribution < -0.4 is 10.1 Å². The first-order valence-electron chi connectivity index (χ1n) is 13.7. The molecule has 0 aliphatic carbocycles. The molecule has 2 N–H and O–H groups in total. The maximum absolute atomic E-state index is 13.4. The standard InChI is InChI=1S/C31H36FN3O6S/c1-21-18-35(22(2)20-36)31(38)17-24-16-26(33-30(37)15-23-7-5-4-6-8-23)11-14-28(24)41-29(21)19-34(3)42(39,40)27-12-9-25(32)10-13-27/h4-14,16,21-22,29,36H,15,17-20H2,1-3H3,(H,33,37)/t21-,22+,29+/m0/s1. The summed E-state index contributed by atoms with van der Waals surface area (Å²) in [5.41, 5.74) is 1.88. The van der Waals surface area contributed by atoms with Gasteiger partial charge in [0.15, 0.2) is 0 Å². The van der Waals surface area contributed by atoms with Crippen LogP contribution in [0.25, 0.3) is 0 Å². The Kier molecular flexibility index (Phi) is 9.97. The number of benzene rings is 3. The van der Waals surface area contributed by atoms with Crippen molar-refractivity contribution in [2.24, 2.45) is 5.92 Å². The fraction of sp³-hybridized carbons (Fsp3) is 0.355. The largest absolute Gasteiger partial charge is 0.488 e. The number of carbonyl (C=O) groups excluding carboxylic acids is 2. The molecule has 0 radical (unpaired) electrons. The van der Waals surface area contributed by atoms with Gasteiger partial charge in [-0.1, -0.05) is 37.3 Å². The number of aliphatic hydroxyl groups excluding tert-OH is 1. The fourth-order valence-electron chi connectivity index (χ4n) is 4.85. The van der Waals surface area contributed by atoms with E-state index in [9.17, 15) is 27.5 Å². The third-order valence-corrected chi connectivity index (χ3v) is 9.20. The van der Waals surface area contributed by atoms with Crippen molar-refractivity contribution in [2.45, 2.75) is 43.7 Å². The molecular formula is C31H36FN3O6S. The number of anilines is 1. The van der Waals surface area contributed by atoms with E-state index in [-0.39, 0.29) is 55.2 Å². The van der Waals surface area contributed by atoms with Crippen LogP contribution in [0.3, 0.4) is 0 Å². The van der Waals surface area contributed by atoms with Gasteiger partial charge in [0, 0.05) is 30.8 Å². The highest BCUT2D eigenvalue weighted by atomic mass is 32.2. The van der Waals surface area contributed by atoms with Crippen molar-refractivity contribution < 1.29 is 32.2 Å². The van der Waals surface area contributed by atoms with Gasteiger partial charge in [-0.3, -0.25) is 9.59 Å². The quantitative estimate of drug-likeness (QED) is 0.390. The van der Waals surface area contributed by atoms with Crippen molar-refractivity contribution in [3.8, 4) is 5.75 Å². The maximum atomic E-state index is 13.4. The van der Waals surface area contributed by atoms with Gasteiger partial charge in [-0.2, -0.15) is 4.31 Å². The highest BCUT2D eigenvalue weighted by Gasteiger charge is 2.33. The number of likely N-dealkylation sites (N-methyl/N-ethyl adjacent to an activating group) is 1. The van der Waals surface area contributed by atoms with Gasteiger partial charge in [-0.25, -0.2) is 12.8 Å². The molecule has 11 heteroatoms. The van der Waals surface area contributed by atoms with Gasteiger partial charge in [-0.05, 0) is 55.0 Å². The molecule has 0 bridgehead atoms. The number of fused-ring (bicyclic) bond motifs is 1. The number of carbonyl (C=O) groups is 2. The Balaban J connectivity index is 1.62. The number of nitrogens with one attached hydrogen (secondary N) is 1. The van der Waals surface area contributed by atoms with E-state index in [1.807, 2.05) is 37.3 Å². The van der Waals surface area contributed by atoms with Crippen LogP contribution in [0.15, 0.2) is 77.7 Å². The van der Waals surface area contributed by atoms with E-state index < -0.39 is 28.0 Å². The van der Waals surface area contributed by atoms with Crippen molar-refractivity contribution in [3.05, 3.63) is 89.7 Å². The molecule has 3 aromatic carbocycles. The molecule has 1 aliphatic heterocycles. The second-order valence-corrected chi connectivity index (χ2v) is 12.7. The van der Waals surface area contributed by atoms with Crippen molar-refractivity contribution in [3.63, 3.8) is 0 Å². The first kappa shape index (κ1) is 31.1. The monoisotopic (exact) mass is 597 g/mol. The first-order chi connectivity index (χ1) is 20.0. The number of aliphatic hydroxyl groups is 1. The van der Waals surface area contributed by atoms with E-state index in [1.165, 1.54) is 19.2 Å². The molecular weight excluding hydrogens is 561 g/mol. The number of sulfonamides is 1. The van der Waals surface area contributed by atoms with Crippen LogP contribution >= 0.6 is 0 Å². The molecule has 9 nitrogen and oxygen atoms in total.